The van der Waals surface area contributed by atoms with Crippen molar-refractivity contribution in [3.63, 3.8) is 0 Å². The van der Waals surface area contributed by atoms with Gasteiger partial charge in [-0.1, -0.05) is 25.4 Å². The van der Waals surface area contributed by atoms with E-state index < -0.39 is 46.8 Å². The van der Waals surface area contributed by atoms with Gasteiger partial charge in [-0.15, -0.1) is 0 Å². The summed E-state index contributed by atoms with van der Waals surface area (Å²) in [4.78, 5) is 57.9. The maximum absolute atomic E-state index is 12.5. The Bertz CT molecular complexity index is 828. The number of carbonyl (C=O) groups excluding carboxylic acids is 4. The molecule has 0 aliphatic rings. The molecule has 2 unspecified atom stereocenters. The van der Waals surface area contributed by atoms with Crippen molar-refractivity contribution in [3.05, 3.63) is 38.9 Å². The van der Waals surface area contributed by atoms with Gasteiger partial charge in [-0.05, 0) is 18.9 Å². The number of nitro benzene ring substituents is 1. The predicted molar refractivity (Wildman–Crippen MR) is 102 cm³/mol. The minimum absolute atomic E-state index is 0.0684. The number of ether oxygens (including phenoxy) is 1. The summed E-state index contributed by atoms with van der Waals surface area (Å²) >= 11 is 5.93. The summed E-state index contributed by atoms with van der Waals surface area (Å²) in [5, 5.41) is 17.2. The van der Waals surface area contributed by atoms with Crippen LogP contribution in [0.1, 0.15) is 31.1 Å². The predicted octanol–water partition coefficient (Wildman–Crippen LogP) is 1.39. The molecule has 1 aromatic carbocycles. The van der Waals surface area contributed by atoms with E-state index in [1.54, 1.807) is 13.8 Å². The Morgan fingerprint density at radius 2 is 1.79 bits per heavy atom. The number of amides is 4. The summed E-state index contributed by atoms with van der Waals surface area (Å²) in [7, 11) is 1.31. The number of nitrogens with zero attached hydrogens (tertiary/aromatic N) is 1. The Balaban J connectivity index is 2.88. The van der Waals surface area contributed by atoms with E-state index in [4.69, 9.17) is 16.3 Å². The number of non-ortho nitro benzene ring substituents is 1. The first kappa shape index (κ1) is 23.8. The van der Waals surface area contributed by atoms with E-state index in [2.05, 4.69) is 10.6 Å². The second-order valence-corrected chi connectivity index (χ2v) is 6.67. The molecule has 0 aliphatic heterocycles. The van der Waals surface area contributed by atoms with E-state index in [-0.39, 0.29) is 16.3 Å². The first-order chi connectivity index (χ1) is 13.5. The van der Waals surface area contributed by atoms with Crippen LogP contribution in [-0.2, 0) is 14.3 Å². The van der Waals surface area contributed by atoms with Crippen LogP contribution >= 0.6 is 11.6 Å². The van der Waals surface area contributed by atoms with Gasteiger partial charge in [-0.2, -0.15) is 0 Å². The molecule has 0 aliphatic carbocycles. The minimum atomic E-state index is -1.29. The minimum Gasteiger partial charge on any atom is -0.451 e. The summed E-state index contributed by atoms with van der Waals surface area (Å²) < 4.78 is 5.03. The zero-order valence-corrected chi connectivity index (χ0v) is 16.9. The fourth-order valence-corrected chi connectivity index (χ4v) is 2.36. The molecule has 0 aromatic heterocycles. The van der Waals surface area contributed by atoms with Crippen molar-refractivity contribution in [2.24, 2.45) is 5.92 Å². The Morgan fingerprint density at radius 1 is 1.17 bits per heavy atom. The number of rotatable bonds is 7. The second-order valence-electron chi connectivity index (χ2n) is 6.26. The van der Waals surface area contributed by atoms with Crippen molar-refractivity contribution >= 4 is 41.1 Å². The molecule has 3 N–H and O–H groups in total. The molecule has 0 fully saturated rings. The third-order valence-corrected chi connectivity index (χ3v) is 4.05. The summed E-state index contributed by atoms with van der Waals surface area (Å²) in [6.45, 7) is 4.54. The normalized spacial score (nSPS) is 12.5. The van der Waals surface area contributed by atoms with E-state index >= 15 is 0 Å². The first-order valence-electron chi connectivity index (χ1n) is 8.45. The van der Waals surface area contributed by atoms with Crippen molar-refractivity contribution in [1.82, 2.24) is 16.0 Å². The quantitative estimate of drug-likeness (QED) is 0.336. The molecule has 12 heteroatoms. The topological polar surface area (TPSA) is 157 Å². The van der Waals surface area contributed by atoms with Crippen LogP contribution in [0.15, 0.2) is 18.2 Å². The number of esters is 1. The highest BCUT2D eigenvalue weighted by Crippen LogP contribution is 2.22. The van der Waals surface area contributed by atoms with Crippen LogP contribution in [-0.4, -0.2) is 47.9 Å². The van der Waals surface area contributed by atoms with Crippen LogP contribution in [0.5, 0.6) is 0 Å². The molecule has 0 saturated carbocycles. The zero-order valence-electron chi connectivity index (χ0n) is 16.1. The molecule has 4 amide bonds. The van der Waals surface area contributed by atoms with Gasteiger partial charge in [0.05, 0.1) is 15.5 Å². The van der Waals surface area contributed by atoms with Gasteiger partial charge >= 0.3 is 12.0 Å². The van der Waals surface area contributed by atoms with Crippen molar-refractivity contribution in [3.8, 4) is 0 Å². The van der Waals surface area contributed by atoms with E-state index in [9.17, 15) is 29.3 Å². The Labute approximate surface area is 171 Å². The van der Waals surface area contributed by atoms with Crippen molar-refractivity contribution in [2.45, 2.75) is 32.9 Å². The maximum Gasteiger partial charge on any atom is 0.329 e. The molecule has 0 saturated heterocycles. The SMILES string of the molecule is CNC(=O)NC(=O)C(C)OC(=O)C(NC(=O)c1ccc([N+](=O)[O-])cc1Cl)C(C)C. The molecule has 0 heterocycles. The molecule has 2 atom stereocenters. The van der Waals surface area contributed by atoms with Crippen LogP contribution in [0.3, 0.4) is 0 Å². The standard InChI is InChI=1S/C17H21ClN4O7/c1-8(2)13(16(25)29-9(3)14(23)21-17(26)19-4)20-15(24)11-6-5-10(22(27)28)7-12(11)18/h5-9,13H,1-4H3,(H,20,24)(H2,19,21,23,26). The molecule has 29 heavy (non-hydrogen) atoms. The molecule has 158 valence electrons. The number of carbonyl (C=O) groups is 4. The van der Waals surface area contributed by atoms with E-state index in [1.807, 2.05) is 5.32 Å². The first-order valence-corrected chi connectivity index (χ1v) is 8.83. The number of urea groups is 1. The van der Waals surface area contributed by atoms with E-state index in [0.29, 0.717) is 0 Å². The van der Waals surface area contributed by atoms with E-state index in [0.717, 1.165) is 18.2 Å². The summed E-state index contributed by atoms with van der Waals surface area (Å²) in [6, 6.07) is 1.39. The van der Waals surface area contributed by atoms with Gasteiger partial charge in [0, 0.05) is 19.2 Å². The lowest BCUT2D eigenvalue weighted by molar-refractivity contribution is -0.384. The van der Waals surface area contributed by atoms with Crippen LogP contribution in [0.2, 0.25) is 5.02 Å². The number of benzene rings is 1. The molecule has 0 radical (unpaired) electrons. The van der Waals surface area contributed by atoms with Crippen molar-refractivity contribution < 1.29 is 28.8 Å². The van der Waals surface area contributed by atoms with E-state index in [1.165, 1.54) is 14.0 Å². The number of hydrogen-bond acceptors (Lipinski definition) is 7. The van der Waals surface area contributed by atoms with Gasteiger partial charge in [-0.3, -0.25) is 25.0 Å². The van der Waals surface area contributed by atoms with Gasteiger partial charge in [0.15, 0.2) is 6.10 Å². The lowest BCUT2D eigenvalue weighted by atomic mass is 10.0. The molecule has 11 nitrogen and oxygen atoms in total. The fraction of sp³-hybridized carbons (Fsp3) is 0.412. The number of halogens is 1. The van der Waals surface area contributed by atoms with Gasteiger partial charge in [0.25, 0.3) is 17.5 Å². The lowest BCUT2D eigenvalue weighted by Gasteiger charge is -2.23. The number of hydrogen-bond donors (Lipinski definition) is 3. The van der Waals surface area contributed by atoms with Gasteiger partial charge in [-0.25, -0.2) is 9.59 Å². The van der Waals surface area contributed by atoms with Gasteiger partial charge in [0.1, 0.15) is 6.04 Å². The largest absolute Gasteiger partial charge is 0.451 e. The van der Waals surface area contributed by atoms with Gasteiger partial charge < -0.3 is 15.4 Å². The fourth-order valence-electron chi connectivity index (χ4n) is 2.10. The monoisotopic (exact) mass is 428 g/mol. The molecule has 0 bridgehead atoms. The number of nitro groups is 1. The van der Waals surface area contributed by atoms with Gasteiger partial charge in [0.2, 0.25) is 0 Å². The Kier molecular flexibility index (Phi) is 8.52. The lowest BCUT2D eigenvalue weighted by Crippen LogP contribution is -2.49. The molecular formula is C17H21ClN4O7. The highest BCUT2D eigenvalue weighted by molar-refractivity contribution is 6.34. The van der Waals surface area contributed by atoms with Crippen LogP contribution in [0.25, 0.3) is 0 Å². The Morgan fingerprint density at radius 3 is 2.28 bits per heavy atom. The molecule has 1 rings (SSSR count). The van der Waals surface area contributed by atoms with Crippen molar-refractivity contribution in [1.29, 1.82) is 0 Å². The van der Waals surface area contributed by atoms with Crippen LogP contribution in [0.4, 0.5) is 10.5 Å². The van der Waals surface area contributed by atoms with Crippen LogP contribution < -0.4 is 16.0 Å². The second kappa shape index (κ2) is 10.4. The smallest absolute Gasteiger partial charge is 0.329 e. The average molecular weight is 429 g/mol. The highest BCUT2D eigenvalue weighted by Gasteiger charge is 2.30. The summed E-state index contributed by atoms with van der Waals surface area (Å²) in [6.07, 6.45) is -1.29. The Hall–Kier alpha value is -3.21. The average Bonchev–Trinajstić information content (AvgIpc) is 2.64. The third kappa shape index (κ3) is 6.71. The summed E-state index contributed by atoms with van der Waals surface area (Å²) in [5.74, 6) is -2.91. The maximum atomic E-state index is 12.5. The van der Waals surface area contributed by atoms with Crippen LogP contribution in [0, 0.1) is 16.0 Å². The number of imide groups is 1. The zero-order chi connectivity index (χ0) is 22.3. The molecule has 1 aromatic rings. The molecule has 0 spiro atoms. The van der Waals surface area contributed by atoms with Crippen molar-refractivity contribution in [2.75, 3.05) is 7.05 Å². The summed E-state index contributed by atoms with van der Waals surface area (Å²) in [5.41, 5.74) is -0.358. The molecular weight excluding hydrogens is 408 g/mol. The third-order valence-electron chi connectivity index (χ3n) is 3.74. The number of nitrogens with one attached hydrogen (secondary N) is 3. The highest BCUT2D eigenvalue weighted by atomic mass is 35.5.